The number of para-hydroxylation sites is 1. The van der Waals surface area contributed by atoms with Crippen molar-refractivity contribution in [2.45, 2.75) is 0 Å². The molecule has 1 aliphatic heterocycles. The molecule has 2 aromatic rings. The summed E-state index contributed by atoms with van der Waals surface area (Å²) < 4.78 is 5.73. The number of amides is 1. The third-order valence-electron chi connectivity index (χ3n) is 4.12. The van der Waals surface area contributed by atoms with Crippen LogP contribution in [-0.2, 0) is 4.79 Å². The molecule has 3 rings (SSSR count). The van der Waals surface area contributed by atoms with Crippen molar-refractivity contribution >= 4 is 34.9 Å². The third kappa shape index (κ3) is 5.33. The van der Waals surface area contributed by atoms with Gasteiger partial charge in [-0.05, 0) is 29.7 Å². The predicted octanol–water partition coefficient (Wildman–Crippen LogP) is 3.64. The van der Waals surface area contributed by atoms with E-state index in [1.54, 1.807) is 17.4 Å². The molecule has 132 valence electrons. The highest BCUT2D eigenvalue weighted by molar-refractivity contribution is 7.10. The second-order valence-electron chi connectivity index (χ2n) is 5.79. The van der Waals surface area contributed by atoms with E-state index in [9.17, 15) is 4.79 Å². The molecule has 0 spiro atoms. The smallest absolute Gasteiger partial charge is 0.246 e. The standard InChI is InChI=1S/C19H21ClN2O2S/c20-17-5-1-2-6-18(17)24-14-13-21-9-11-22(12-10-21)19(23)8-7-16-4-3-15-25-16/h1-8,15H,9-14H2/b8-7+. The van der Waals surface area contributed by atoms with Crippen molar-refractivity contribution in [2.24, 2.45) is 0 Å². The summed E-state index contributed by atoms with van der Waals surface area (Å²) in [5.41, 5.74) is 0. The van der Waals surface area contributed by atoms with E-state index in [2.05, 4.69) is 4.90 Å². The van der Waals surface area contributed by atoms with E-state index in [0.717, 1.165) is 43.4 Å². The fraction of sp³-hybridized carbons (Fsp3) is 0.316. The topological polar surface area (TPSA) is 32.8 Å². The lowest BCUT2D eigenvalue weighted by Crippen LogP contribution is -2.49. The van der Waals surface area contributed by atoms with Crippen molar-refractivity contribution in [3.05, 3.63) is 57.8 Å². The molecule has 0 saturated carbocycles. The summed E-state index contributed by atoms with van der Waals surface area (Å²) in [6, 6.07) is 11.5. The van der Waals surface area contributed by atoms with E-state index in [0.29, 0.717) is 11.6 Å². The molecule has 2 heterocycles. The van der Waals surface area contributed by atoms with Crippen LogP contribution < -0.4 is 4.74 Å². The Hall–Kier alpha value is -1.82. The molecule has 0 N–H and O–H groups in total. The van der Waals surface area contributed by atoms with Crippen LogP contribution in [0.2, 0.25) is 5.02 Å². The molecule has 0 unspecified atom stereocenters. The van der Waals surface area contributed by atoms with Crippen LogP contribution in [0.25, 0.3) is 6.08 Å². The minimum Gasteiger partial charge on any atom is -0.491 e. The minimum atomic E-state index is 0.0837. The van der Waals surface area contributed by atoms with E-state index in [1.807, 2.05) is 52.8 Å². The summed E-state index contributed by atoms with van der Waals surface area (Å²) in [5.74, 6) is 0.803. The Balaban J connectivity index is 1.38. The normalized spacial score (nSPS) is 15.6. The van der Waals surface area contributed by atoms with Gasteiger partial charge in [0, 0.05) is 43.7 Å². The van der Waals surface area contributed by atoms with Crippen molar-refractivity contribution in [1.29, 1.82) is 0 Å². The summed E-state index contributed by atoms with van der Waals surface area (Å²) in [6.45, 7) is 4.66. The SMILES string of the molecule is O=C(/C=C/c1cccs1)N1CCN(CCOc2ccccc2Cl)CC1. The zero-order chi connectivity index (χ0) is 17.5. The number of hydrogen-bond donors (Lipinski definition) is 0. The molecule has 6 heteroatoms. The third-order valence-corrected chi connectivity index (χ3v) is 5.27. The lowest BCUT2D eigenvalue weighted by atomic mass is 10.3. The Bertz CT molecular complexity index is 710. The van der Waals surface area contributed by atoms with Crippen molar-refractivity contribution in [3.63, 3.8) is 0 Å². The summed E-state index contributed by atoms with van der Waals surface area (Å²) in [7, 11) is 0. The second-order valence-corrected chi connectivity index (χ2v) is 7.18. The molecule has 1 fully saturated rings. The van der Waals surface area contributed by atoms with Gasteiger partial charge in [0.15, 0.2) is 0 Å². The molecule has 0 radical (unpaired) electrons. The van der Waals surface area contributed by atoms with Crippen LogP contribution in [-0.4, -0.2) is 55.0 Å². The Kier molecular flexibility index (Phi) is 6.50. The van der Waals surface area contributed by atoms with Crippen LogP contribution in [0.4, 0.5) is 0 Å². The fourth-order valence-electron chi connectivity index (χ4n) is 2.68. The van der Waals surface area contributed by atoms with Crippen LogP contribution in [0.15, 0.2) is 47.9 Å². The van der Waals surface area contributed by atoms with Gasteiger partial charge in [0.1, 0.15) is 12.4 Å². The first-order valence-corrected chi connectivity index (χ1v) is 9.58. The van der Waals surface area contributed by atoms with E-state index in [4.69, 9.17) is 16.3 Å². The second kappa shape index (κ2) is 9.04. The van der Waals surface area contributed by atoms with E-state index >= 15 is 0 Å². The maximum absolute atomic E-state index is 12.2. The summed E-state index contributed by atoms with van der Waals surface area (Å²) >= 11 is 7.71. The van der Waals surface area contributed by atoms with E-state index < -0.39 is 0 Å². The largest absolute Gasteiger partial charge is 0.491 e. The molecule has 0 aliphatic carbocycles. The van der Waals surface area contributed by atoms with Gasteiger partial charge in [0.2, 0.25) is 5.91 Å². The lowest BCUT2D eigenvalue weighted by Gasteiger charge is -2.34. The zero-order valence-corrected chi connectivity index (χ0v) is 15.5. The summed E-state index contributed by atoms with van der Waals surface area (Å²) in [5, 5.41) is 2.64. The number of carbonyl (C=O) groups excluding carboxylic acids is 1. The van der Waals surface area contributed by atoms with E-state index in [-0.39, 0.29) is 5.91 Å². The fourth-order valence-corrected chi connectivity index (χ4v) is 3.49. The maximum atomic E-state index is 12.2. The Morgan fingerprint density at radius 2 is 1.96 bits per heavy atom. The van der Waals surface area contributed by atoms with Gasteiger partial charge in [-0.15, -0.1) is 11.3 Å². The molecule has 0 atom stereocenters. The zero-order valence-electron chi connectivity index (χ0n) is 13.9. The number of thiophene rings is 1. The van der Waals surface area contributed by atoms with Crippen LogP contribution >= 0.6 is 22.9 Å². The van der Waals surface area contributed by atoms with Crippen LogP contribution in [0.1, 0.15) is 4.88 Å². The maximum Gasteiger partial charge on any atom is 0.246 e. The lowest BCUT2D eigenvalue weighted by molar-refractivity contribution is -0.127. The van der Waals surface area contributed by atoms with Crippen LogP contribution in [0.5, 0.6) is 5.75 Å². The number of carbonyl (C=O) groups is 1. The quantitative estimate of drug-likeness (QED) is 0.721. The first-order valence-electron chi connectivity index (χ1n) is 8.32. The number of hydrogen-bond acceptors (Lipinski definition) is 4. The monoisotopic (exact) mass is 376 g/mol. The van der Waals surface area contributed by atoms with Gasteiger partial charge in [0.05, 0.1) is 5.02 Å². The molecule has 1 saturated heterocycles. The van der Waals surface area contributed by atoms with Gasteiger partial charge < -0.3 is 9.64 Å². The Morgan fingerprint density at radius 1 is 1.16 bits per heavy atom. The highest BCUT2D eigenvalue weighted by Gasteiger charge is 2.19. The van der Waals surface area contributed by atoms with Crippen LogP contribution in [0, 0.1) is 0 Å². The highest BCUT2D eigenvalue weighted by atomic mass is 35.5. The van der Waals surface area contributed by atoms with Crippen molar-refractivity contribution < 1.29 is 9.53 Å². The average Bonchev–Trinajstić information content (AvgIpc) is 3.15. The van der Waals surface area contributed by atoms with Gasteiger partial charge in [0.25, 0.3) is 0 Å². The number of piperazine rings is 1. The Labute approximate surface area is 157 Å². The minimum absolute atomic E-state index is 0.0837. The number of halogens is 1. The first kappa shape index (κ1) is 18.0. The molecular formula is C19H21ClN2O2S. The van der Waals surface area contributed by atoms with E-state index in [1.165, 1.54) is 0 Å². The number of nitrogens with zero attached hydrogens (tertiary/aromatic N) is 2. The van der Waals surface area contributed by atoms with Gasteiger partial charge in [-0.3, -0.25) is 9.69 Å². The van der Waals surface area contributed by atoms with Gasteiger partial charge in [-0.1, -0.05) is 29.8 Å². The first-order chi connectivity index (χ1) is 12.2. The molecule has 1 aliphatic rings. The highest BCUT2D eigenvalue weighted by Crippen LogP contribution is 2.22. The summed E-state index contributed by atoms with van der Waals surface area (Å²) in [6.07, 6.45) is 3.55. The molecule has 0 bridgehead atoms. The molecule has 25 heavy (non-hydrogen) atoms. The molecular weight excluding hydrogens is 356 g/mol. The van der Waals surface area contributed by atoms with Crippen molar-refractivity contribution in [3.8, 4) is 5.75 Å². The van der Waals surface area contributed by atoms with Gasteiger partial charge >= 0.3 is 0 Å². The molecule has 4 nitrogen and oxygen atoms in total. The number of benzene rings is 1. The predicted molar refractivity (Wildman–Crippen MR) is 103 cm³/mol. The van der Waals surface area contributed by atoms with Crippen LogP contribution in [0.3, 0.4) is 0 Å². The Morgan fingerprint density at radius 3 is 2.68 bits per heavy atom. The number of ether oxygens (including phenoxy) is 1. The molecule has 1 aromatic heterocycles. The average molecular weight is 377 g/mol. The molecule has 1 amide bonds. The molecule has 1 aromatic carbocycles. The van der Waals surface area contributed by atoms with Gasteiger partial charge in [-0.2, -0.15) is 0 Å². The van der Waals surface area contributed by atoms with Crippen molar-refractivity contribution in [1.82, 2.24) is 9.80 Å². The summed E-state index contributed by atoms with van der Waals surface area (Å²) in [4.78, 5) is 17.5. The van der Waals surface area contributed by atoms with Gasteiger partial charge in [-0.25, -0.2) is 0 Å². The van der Waals surface area contributed by atoms with Crippen molar-refractivity contribution in [2.75, 3.05) is 39.3 Å². The number of rotatable bonds is 6.